The van der Waals surface area contributed by atoms with E-state index in [9.17, 15) is 0 Å². The largest absolute Gasteiger partial charge is 0.380 e. The van der Waals surface area contributed by atoms with Crippen LogP contribution in [0, 0.1) is 0 Å². The van der Waals surface area contributed by atoms with Crippen molar-refractivity contribution in [2.24, 2.45) is 0 Å². The zero-order valence-electron chi connectivity index (χ0n) is 15.0. The summed E-state index contributed by atoms with van der Waals surface area (Å²) < 4.78 is 0. The van der Waals surface area contributed by atoms with E-state index in [0.29, 0.717) is 11.6 Å². The molecular formula is C20H24ClN5. The van der Waals surface area contributed by atoms with Gasteiger partial charge < -0.3 is 15.5 Å². The van der Waals surface area contributed by atoms with Crippen molar-refractivity contribution in [3.8, 4) is 0 Å². The maximum absolute atomic E-state index is 6.44. The fraction of sp³-hybridized carbons (Fsp3) is 0.300. The number of nitrogens with zero attached hydrogens (tertiary/aromatic N) is 3. The second-order valence-electron chi connectivity index (χ2n) is 6.07. The molecule has 0 saturated carbocycles. The molecule has 0 spiro atoms. The number of halogens is 1. The molecule has 136 valence electrons. The number of fused-ring (bicyclic) bond motifs is 1. The van der Waals surface area contributed by atoms with Gasteiger partial charge in [-0.15, -0.1) is 0 Å². The van der Waals surface area contributed by atoms with Crippen LogP contribution in [0.2, 0.25) is 5.02 Å². The summed E-state index contributed by atoms with van der Waals surface area (Å²) in [6.07, 6.45) is 9.35. The van der Waals surface area contributed by atoms with E-state index in [1.165, 1.54) is 0 Å². The second kappa shape index (κ2) is 8.83. The number of benzene rings is 1. The van der Waals surface area contributed by atoms with Crippen LogP contribution in [0.25, 0.3) is 11.0 Å². The molecule has 2 heterocycles. The van der Waals surface area contributed by atoms with Gasteiger partial charge in [-0.2, -0.15) is 0 Å². The molecule has 1 aromatic heterocycles. The number of piperazine rings is 1. The van der Waals surface area contributed by atoms with E-state index in [1.807, 2.05) is 25.1 Å². The van der Waals surface area contributed by atoms with Crippen molar-refractivity contribution < 1.29 is 0 Å². The molecule has 1 aliphatic rings. The molecule has 0 amide bonds. The highest BCUT2D eigenvalue weighted by molar-refractivity contribution is 6.32. The molecule has 5 nitrogen and oxygen atoms in total. The summed E-state index contributed by atoms with van der Waals surface area (Å²) in [5.41, 5.74) is 4.88. The summed E-state index contributed by atoms with van der Waals surface area (Å²) >= 11 is 6.44. The zero-order chi connectivity index (χ0) is 18.4. The minimum atomic E-state index is 0.617. The Morgan fingerprint density at radius 1 is 1.27 bits per heavy atom. The van der Waals surface area contributed by atoms with Gasteiger partial charge in [-0.1, -0.05) is 30.3 Å². The van der Waals surface area contributed by atoms with E-state index < -0.39 is 0 Å². The summed E-state index contributed by atoms with van der Waals surface area (Å²) in [6, 6.07) is 3.86. The average molecular weight is 370 g/mol. The SMILES string of the molecule is C=C/C=C(\C(=C/C)NCc1cc2nccnc2cc1Cl)N1CCNCC1. The van der Waals surface area contributed by atoms with Crippen molar-refractivity contribution in [1.82, 2.24) is 25.5 Å². The van der Waals surface area contributed by atoms with Crippen molar-refractivity contribution in [1.29, 1.82) is 0 Å². The van der Waals surface area contributed by atoms with E-state index in [2.05, 4.69) is 44.2 Å². The van der Waals surface area contributed by atoms with Crippen LogP contribution >= 0.6 is 11.6 Å². The van der Waals surface area contributed by atoms with Gasteiger partial charge in [0.25, 0.3) is 0 Å². The van der Waals surface area contributed by atoms with Crippen LogP contribution < -0.4 is 10.6 Å². The number of nitrogens with one attached hydrogen (secondary N) is 2. The fourth-order valence-corrected chi connectivity index (χ4v) is 3.30. The van der Waals surface area contributed by atoms with Crippen molar-refractivity contribution in [2.45, 2.75) is 13.5 Å². The fourth-order valence-electron chi connectivity index (χ4n) is 3.08. The molecule has 1 aliphatic heterocycles. The Labute approximate surface area is 159 Å². The number of allylic oxidation sites excluding steroid dienone is 3. The summed E-state index contributed by atoms with van der Waals surface area (Å²) in [5, 5.41) is 7.60. The van der Waals surface area contributed by atoms with Gasteiger partial charge in [0.05, 0.1) is 22.4 Å². The standard InChI is InChI=1S/C20H24ClN5/c1-3-5-20(26-10-8-22-9-11-26)17(4-2)25-14-15-12-18-19(13-16(15)21)24-7-6-23-18/h3-7,12-13,22,25H,1,8-11,14H2,2H3/b17-4+,20-5+. The van der Waals surface area contributed by atoms with Crippen LogP contribution in [-0.2, 0) is 6.54 Å². The number of aromatic nitrogens is 2. The molecule has 0 atom stereocenters. The Morgan fingerprint density at radius 3 is 2.62 bits per heavy atom. The molecule has 3 rings (SSSR count). The van der Waals surface area contributed by atoms with Gasteiger partial charge in [0, 0.05) is 50.1 Å². The van der Waals surface area contributed by atoms with Crippen LogP contribution in [0.3, 0.4) is 0 Å². The van der Waals surface area contributed by atoms with E-state index in [4.69, 9.17) is 11.6 Å². The molecule has 0 aliphatic carbocycles. The average Bonchev–Trinajstić information content (AvgIpc) is 2.68. The van der Waals surface area contributed by atoms with E-state index >= 15 is 0 Å². The van der Waals surface area contributed by atoms with Crippen LogP contribution in [0.15, 0.2) is 60.7 Å². The lowest BCUT2D eigenvalue weighted by atomic mass is 10.1. The van der Waals surface area contributed by atoms with Crippen molar-refractivity contribution in [2.75, 3.05) is 26.2 Å². The summed E-state index contributed by atoms with van der Waals surface area (Å²) in [5.74, 6) is 0. The number of hydrogen-bond acceptors (Lipinski definition) is 5. The van der Waals surface area contributed by atoms with Crippen LogP contribution in [0.5, 0.6) is 0 Å². The molecule has 0 unspecified atom stereocenters. The molecule has 6 heteroatoms. The van der Waals surface area contributed by atoms with Crippen molar-refractivity contribution >= 4 is 22.6 Å². The van der Waals surface area contributed by atoms with Crippen molar-refractivity contribution in [3.05, 3.63) is 71.3 Å². The van der Waals surface area contributed by atoms with Crippen molar-refractivity contribution in [3.63, 3.8) is 0 Å². The lowest BCUT2D eigenvalue weighted by Crippen LogP contribution is -2.44. The Hall–Kier alpha value is -2.37. The minimum Gasteiger partial charge on any atom is -0.380 e. The Morgan fingerprint density at radius 2 is 1.96 bits per heavy atom. The Balaban J connectivity index is 1.78. The maximum atomic E-state index is 6.44. The molecule has 2 aromatic rings. The lowest BCUT2D eigenvalue weighted by molar-refractivity contribution is 0.301. The first-order valence-electron chi connectivity index (χ1n) is 8.81. The molecule has 1 aromatic carbocycles. The van der Waals surface area contributed by atoms with Gasteiger partial charge in [-0.25, -0.2) is 0 Å². The van der Waals surface area contributed by atoms with Gasteiger partial charge in [-0.05, 0) is 30.7 Å². The van der Waals surface area contributed by atoms with Gasteiger partial charge in [0.15, 0.2) is 0 Å². The summed E-state index contributed by atoms with van der Waals surface area (Å²) in [6.45, 7) is 10.4. The Bertz CT molecular complexity index is 837. The molecule has 1 fully saturated rings. The first-order chi connectivity index (χ1) is 12.7. The quantitative estimate of drug-likeness (QED) is 0.765. The van der Waals surface area contributed by atoms with Gasteiger partial charge in [0.2, 0.25) is 0 Å². The van der Waals surface area contributed by atoms with E-state index in [1.54, 1.807) is 12.4 Å². The lowest BCUT2D eigenvalue weighted by Gasteiger charge is -2.33. The zero-order valence-corrected chi connectivity index (χ0v) is 15.8. The molecule has 2 N–H and O–H groups in total. The third-order valence-electron chi connectivity index (χ3n) is 4.40. The predicted molar refractivity (Wildman–Crippen MR) is 108 cm³/mol. The molecule has 1 saturated heterocycles. The first kappa shape index (κ1) is 18.4. The highest BCUT2D eigenvalue weighted by Crippen LogP contribution is 2.22. The Kier molecular flexibility index (Phi) is 6.26. The third-order valence-corrected chi connectivity index (χ3v) is 4.76. The highest BCUT2D eigenvalue weighted by atomic mass is 35.5. The highest BCUT2D eigenvalue weighted by Gasteiger charge is 2.16. The molecular weight excluding hydrogens is 346 g/mol. The topological polar surface area (TPSA) is 53.1 Å². The maximum Gasteiger partial charge on any atom is 0.0901 e. The number of rotatable bonds is 6. The second-order valence-corrected chi connectivity index (χ2v) is 6.48. The van der Waals surface area contributed by atoms with Crippen LogP contribution in [-0.4, -0.2) is 41.0 Å². The van der Waals surface area contributed by atoms with Crippen LogP contribution in [0.4, 0.5) is 0 Å². The van der Waals surface area contributed by atoms with E-state index in [-0.39, 0.29) is 0 Å². The van der Waals surface area contributed by atoms with Gasteiger partial charge >= 0.3 is 0 Å². The minimum absolute atomic E-state index is 0.617. The molecule has 0 radical (unpaired) electrons. The first-order valence-corrected chi connectivity index (χ1v) is 9.19. The summed E-state index contributed by atoms with van der Waals surface area (Å²) in [7, 11) is 0. The van der Waals surface area contributed by atoms with Crippen LogP contribution in [0.1, 0.15) is 12.5 Å². The third kappa shape index (κ3) is 4.23. The normalized spacial score (nSPS) is 16.0. The van der Waals surface area contributed by atoms with Gasteiger partial charge in [-0.3, -0.25) is 9.97 Å². The monoisotopic (exact) mass is 369 g/mol. The smallest absolute Gasteiger partial charge is 0.0901 e. The summed E-state index contributed by atoms with van der Waals surface area (Å²) in [4.78, 5) is 11.0. The van der Waals surface area contributed by atoms with E-state index in [0.717, 1.165) is 54.2 Å². The molecule has 26 heavy (non-hydrogen) atoms. The van der Waals surface area contributed by atoms with Gasteiger partial charge in [0.1, 0.15) is 0 Å². The predicted octanol–water partition coefficient (Wildman–Crippen LogP) is 3.25. The molecule has 0 bridgehead atoms. The number of hydrogen-bond donors (Lipinski definition) is 2.